The van der Waals surface area contributed by atoms with Gasteiger partial charge in [-0.3, -0.25) is 9.80 Å². The number of hydrogen-bond acceptors (Lipinski definition) is 3. The van der Waals surface area contributed by atoms with Crippen LogP contribution in [0.15, 0.2) is 12.1 Å². The van der Waals surface area contributed by atoms with Crippen LogP contribution in [-0.2, 0) is 4.79 Å². The van der Waals surface area contributed by atoms with Crippen molar-refractivity contribution < 1.29 is 9.53 Å². The molecule has 0 atom stereocenters. The van der Waals surface area contributed by atoms with E-state index in [2.05, 4.69) is 6.07 Å². The zero-order valence-electron chi connectivity index (χ0n) is 10.9. The molecule has 0 spiro atoms. The fourth-order valence-electron chi connectivity index (χ4n) is 1.56. The molecule has 4 nitrogen and oxygen atoms in total. The van der Waals surface area contributed by atoms with Crippen molar-refractivity contribution in [3.05, 3.63) is 28.8 Å². The minimum Gasteiger partial charge on any atom is -0.492 e. The maximum Gasteiger partial charge on any atom is 0.239 e. The molecule has 1 rings (SSSR count). The molecular formula is C13H20N2O2. The molecule has 1 aromatic rings. The van der Waals surface area contributed by atoms with E-state index in [4.69, 9.17) is 10.6 Å². The third-order valence-corrected chi connectivity index (χ3v) is 2.83. The number of carbonyl (C=O) groups is 1. The molecule has 17 heavy (non-hydrogen) atoms. The van der Waals surface area contributed by atoms with Crippen molar-refractivity contribution in [2.75, 3.05) is 13.7 Å². The maximum absolute atomic E-state index is 11.3. The molecule has 4 heteroatoms. The van der Waals surface area contributed by atoms with Crippen LogP contribution in [0.1, 0.15) is 23.1 Å². The SMILES string of the molecule is Cc1ccc(C)c(OCCC(=O)N(C)N)c1C. The zero-order valence-corrected chi connectivity index (χ0v) is 10.9. The van der Waals surface area contributed by atoms with Gasteiger partial charge in [-0.25, -0.2) is 5.84 Å². The maximum atomic E-state index is 11.3. The van der Waals surface area contributed by atoms with Gasteiger partial charge < -0.3 is 4.74 Å². The van der Waals surface area contributed by atoms with E-state index >= 15 is 0 Å². The summed E-state index contributed by atoms with van der Waals surface area (Å²) < 4.78 is 5.67. The highest BCUT2D eigenvalue weighted by Gasteiger charge is 2.08. The lowest BCUT2D eigenvalue weighted by Gasteiger charge is -2.15. The van der Waals surface area contributed by atoms with Crippen LogP contribution >= 0.6 is 0 Å². The lowest BCUT2D eigenvalue weighted by atomic mass is 10.1. The quantitative estimate of drug-likeness (QED) is 0.492. The van der Waals surface area contributed by atoms with Crippen molar-refractivity contribution in [1.82, 2.24) is 5.01 Å². The fourth-order valence-corrected chi connectivity index (χ4v) is 1.56. The van der Waals surface area contributed by atoms with E-state index in [9.17, 15) is 4.79 Å². The predicted molar refractivity (Wildman–Crippen MR) is 67.7 cm³/mol. The molecule has 0 unspecified atom stereocenters. The fraction of sp³-hybridized carbons (Fsp3) is 0.462. The van der Waals surface area contributed by atoms with Gasteiger partial charge in [-0.15, -0.1) is 0 Å². The Morgan fingerprint density at radius 2 is 1.88 bits per heavy atom. The average molecular weight is 236 g/mol. The number of nitrogens with two attached hydrogens (primary N) is 1. The lowest BCUT2D eigenvalue weighted by molar-refractivity contribution is -0.130. The van der Waals surface area contributed by atoms with Crippen LogP contribution < -0.4 is 10.6 Å². The van der Waals surface area contributed by atoms with Crippen molar-refractivity contribution in [3.8, 4) is 5.75 Å². The molecule has 0 fully saturated rings. The first-order chi connectivity index (χ1) is 7.93. The molecule has 0 radical (unpaired) electrons. The molecule has 0 aromatic heterocycles. The second kappa shape index (κ2) is 5.68. The molecular weight excluding hydrogens is 216 g/mol. The minimum absolute atomic E-state index is 0.132. The van der Waals surface area contributed by atoms with E-state index in [1.165, 1.54) is 12.6 Å². The number of benzene rings is 1. The van der Waals surface area contributed by atoms with E-state index in [-0.39, 0.29) is 5.91 Å². The van der Waals surface area contributed by atoms with E-state index in [1.54, 1.807) is 0 Å². The van der Waals surface area contributed by atoms with E-state index in [1.807, 2.05) is 26.8 Å². The van der Waals surface area contributed by atoms with Gasteiger partial charge in [-0.1, -0.05) is 12.1 Å². The monoisotopic (exact) mass is 236 g/mol. The summed E-state index contributed by atoms with van der Waals surface area (Å²) in [7, 11) is 1.53. The summed E-state index contributed by atoms with van der Waals surface area (Å²) in [5, 5.41) is 1.08. The van der Waals surface area contributed by atoms with Crippen LogP contribution in [0.3, 0.4) is 0 Å². The van der Waals surface area contributed by atoms with E-state index in [0.717, 1.165) is 21.9 Å². The Hall–Kier alpha value is -1.55. The number of hydrogen-bond donors (Lipinski definition) is 1. The van der Waals surface area contributed by atoms with Crippen LogP contribution in [0, 0.1) is 20.8 Å². The third-order valence-electron chi connectivity index (χ3n) is 2.83. The summed E-state index contributed by atoms with van der Waals surface area (Å²) in [6.45, 7) is 6.42. The molecule has 2 N–H and O–H groups in total. The minimum atomic E-state index is -0.132. The Labute approximate surface area is 102 Å². The number of aryl methyl sites for hydroxylation is 2. The Bertz CT molecular complexity index is 414. The second-order valence-corrected chi connectivity index (χ2v) is 4.26. The normalized spacial score (nSPS) is 10.2. The molecule has 0 bridgehead atoms. The smallest absolute Gasteiger partial charge is 0.239 e. The molecule has 0 saturated carbocycles. The van der Waals surface area contributed by atoms with Gasteiger partial charge in [0, 0.05) is 7.05 Å². The van der Waals surface area contributed by atoms with Gasteiger partial charge in [0.1, 0.15) is 5.75 Å². The summed E-state index contributed by atoms with van der Waals surface area (Å²) in [6.07, 6.45) is 0.291. The van der Waals surface area contributed by atoms with Crippen LogP contribution in [0.5, 0.6) is 5.75 Å². The summed E-state index contributed by atoms with van der Waals surface area (Å²) in [6, 6.07) is 4.09. The lowest BCUT2D eigenvalue weighted by Crippen LogP contribution is -2.33. The van der Waals surface area contributed by atoms with Gasteiger partial charge in [0.05, 0.1) is 13.0 Å². The number of amides is 1. The number of rotatable bonds is 4. The van der Waals surface area contributed by atoms with Crippen LogP contribution in [-0.4, -0.2) is 24.6 Å². The summed E-state index contributed by atoms with van der Waals surface area (Å²) in [5.41, 5.74) is 3.40. The predicted octanol–water partition coefficient (Wildman–Crippen LogP) is 1.71. The van der Waals surface area contributed by atoms with Crippen LogP contribution in [0.2, 0.25) is 0 Å². The van der Waals surface area contributed by atoms with E-state index < -0.39 is 0 Å². The average Bonchev–Trinajstić information content (AvgIpc) is 2.28. The summed E-state index contributed by atoms with van der Waals surface area (Å²) in [5.74, 6) is 6.07. The van der Waals surface area contributed by atoms with Crippen LogP contribution in [0.25, 0.3) is 0 Å². The number of ether oxygens (including phenoxy) is 1. The number of hydrazine groups is 1. The van der Waals surface area contributed by atoms with Crippen LogP contribution in [0.4, 0.5) is 0 Å². The molecule has 0 heterocycles. The van der Waals surface area contributed by atoms with Crippen molar-refractivity contribution in [2.45, 2.75) is 27.2 Å². The van der Waals surface area contributed by atoms with Gasteiger partial charge in [0.15, 0.2) is 0 Å². The summed E-state index contributed by atoms with van der Waals surface area (Å²) >= 11 is 0. The highest BCUT2D eigenvalue weighted by atomic mass is 16.5. The van der Waals surface area contributed by atoms with E-state index in [0.29, 0.717) is 13.0 Å². The number of nitrogens with zero attached hydrogens (tertiary/aromatic N) is 1. The summed E-state index contributed by atoms with van der Waals surface area (Å²) in [4.78, 5) is 11.3. The Kier molecular flexibility index (Phi) is 4.52. The molecule has 0 aliphatic rings. The second-order valence-electron chi connectivity index (χ2n) is 4.26. The van der Waals surface area contributed by atoms with Crippen molar-refractivity contribution in [3.63, 3.8) is 0 Å². The molecule has 1 amide bonds. The van der Waals surface area contributed by atoms with Gasteiger partial charge >= 0.3 is 0 Å². The van der Waals surface area contributed by atoms with Crippen molar-refractivity contribution >= 4 is 5.91 Å². The first kappa shape index (κ1) is 13.5. The Morgan fingerprint density at radius 3 is 2.47 bits per heavy atom. The van der Waals surface area contributed by atoms with Crippen molar-refractivity contribution in [1.29, 1.82) is 0 Å². The Morgan fingerprint density at radius 1 is 1.29 bits per heavy atom. The Balaban J connectivity index is 2.64. The first-order valence-electron chi connectivity index (χ1n) is 5.64. The standard InChI is InChI=1S/C13H20N2O2/c1-9-5-6-10(2)13(11(9)3)17-8-7-12(16)15(4)14/h5-6H,7-8,14H2,1-4H3. The van der Waals surface area contributed by atoms with Gasteiger partial charge in [0.2, 0.25) is 5.91 Å². The first-order valence-corrected chi connectivity index (χ1v) is 5.64. The van der Waals surface area contributed by atoms with Gasteiger partial charge in [-0.2, -0.15) is 0 Å². The van der Waals surface area contributed by atoms with Gasteiger partial charge in [0.25, 0.3) is 0 Å². The zero-order chi connectivity index (χ0) is 13.0. The largest absolute Gasteiger partial charge is 0.492 e. The van der Waals surface area contributed by atoms with Gasteiger partial charge in [-0.05, 0) is 37.5 Å². The molecule has 0 aliphatic heterocycles. The highest BCUT2D eigenvalue weighted by Crippen LogP contribution is 2.25. The molecule has 94 valence electrons. The molecule has 0 saturated heterocycles. The third kappa shape index (κ3) is 3.46. The highest BCUT2D eigenvalue weighted by molar-refractivity contribution is 5.75. The topological polar surface area (TPSA) is 55.6 Å². The molecule has 1 aromatic carbocycles. The molecule has 0 aliphatic carbocycles. The van der Waals surface area contributed by atoms with Crippen molar-refractivity contribution in [2.24, 2.45) is 5.84 Å². The number of carbonyl (C=O) groups excluding carboxylic acids is 1.